The molecule has 19 heavy (non-hydrogen) atoms. The van der Waals surface area contributed by atoms with E-state index in [4.69, 9.17) is 16.0 Å². The number of nitrogens with one attached hydrogen (secondary N) is 1. The minimum absolute atomic E-state index is 0.0173. The normalized spacial score (nSPS) is 12.1. The van der Waals surface area contributed by atoms with Gasteiger partial charge >= 0.3 is 0 Å². The molecule has 2 aromatic rings. The number of amides is 1. The van der Waals surface area contributed by atoms with Crippen LogP contribution < -0.4 is 5.32 Å². The maximum Gasteiger partial charge on any atom is 0.233 e. The molecule has 1 N–H and O–H groups in total. The van der Waals surface area contributed by atoms with Gasteiger partial charge in [0.15, 0.2) is 0 Å². The van der Waals surface area contributed by atoms with E-state index >= 15 is 0 Å². The Hall–Kier alpha value is -1.39. The van der Waals surface area contributed by atoms with Gasteiger partial charge in [-0.1, -0.05) is 11.6 Å². The van der Waals surface area contributed by atoms with Crippen molar-refractivity contribution < 1.29 is 9.21 Å². The molecule has 1 aromatic carbocycles. The Kier molecular flexibility index (Phi) is 4.93. The first-order valence-corrected chi connectivity index (χ1v) is 7.13. The highest BCUT2D eigenvalue weighted by Gasteiger charge is 2.14. The van der Waals surface area contributed by atoms with E-state index in [1.54, 1.807) is 12.3 Å². The third-order valence-electron chi connectivity index (χ3n) is 2.51. The molecule has 1 heterocycles. The van der Waals surface area contributed by atoms with Gasteiger partial charge in [0.2, 0.25) is 5.91 Å². The van der Waals surface area contributed by atoms with Gasteiger partial charge in [-0.2, -0.15) is 0 Å². The third-order valence-corrected chi connectivity index (χ3v) is 3.88. The molecule has 0 bridgehead atoms. The zero-order chi connectivity index (χ0) is 13.7. The number of hydrogen-bond acceptors (Lipinski definition) is 3. The molecule has 0 fully saturated rings. The standard InChI is InChI=1S/C14H14ClNO2S/c1-10(19-13-6-4-11(15)5-7-13)14(17)16-9-12-3-2-8-18-12/h2-8,10H,9H2,1H3,(H,16,17)/t10-/m1/s1. The van der Waals surface area contributed by atoms with Crippen molar-refractivity contribution >= 4 is 29.3 Å². The van der Waals surface area contributed by atoms with E-state index < -0.39 is 0 Å². The Morgan fingerprint density at radius 2 is 2.11 bits per heavy atom. The van der Waals surface area contributed by atoms with E-state index in [-0.39, 0.29) is 11.2 Å². The summed E-state index contributed by atoms with van der Waals surface area (Å²) in [5.74, 6) is 0.730. The van der Waals surface area contributed by atoms with Gasteiger partial charge in [-0.25, -0.2) is 0 Å². The molecule has 100 valence electrons. The fraction of sp³-hybridized carbons (Fsp3) is 0.214. The number of carbonyl (C=O) groups is 1. The van der Waals surface area contributed by atoms with Crippen molar-refractivity contribution in [2.24, 2.45) is 0 Å². The van der Waals surface area contributed by atoms with Crippen LogP contribution in [0.4, 0.5) is 0 Å². The Labute approximate surface area is 121 Å². The van der Waals surface area contributed by atoms with Crippen LogP contribution in [0.25, 0.3) is 0 Å². The quantitative estimate of drug-likeness (QED) is 0.855. The molecule has 3 nitrogen and oxygen atoms in total. The molecule has 1 amide bonds. The second kappa shape index (κ2) is 6.68. The van der Waals surface area contributed by atoms with Gasteiger partial charge in [0.1, 0.15) is 5.76 Å². The molecule has 0 aliphatic carbocycles. The van der Waals surface area contributed by atoms with Gasteiger partial charge < -0.3 is 9.73 Å². The van der Waals surface area contributed by atoms with Crippen molar-refractivity contribution in [3.8, 4) is 0 Å². The smallest absolute Gasteiger partial charge is 0.233 e. The van der Waals surface area contributed by atoms with Crippen LogP contribution in [0.3, 0.4) is 0 Å². The van der Waals surface area contributed by atoms with Crippen LogP contribution in [0.5, 0.6) is 0 Å². The van der Waals surface area contributed by atoms with Crippen LogP contribution in [0.15, 0.2) is 52.0 Å². The molecular formula is C14H14ClNO2S. The number of benzene rings is 1. The first kappa shape index (κ1) is 14.0. The third kappa shape index (κ3) is 4.33. The van der Waals surface area contributed by atoms with Gasteiger partial charge in [0.25, 0.3) is 0 Å². The summed E-state index contributed by atoms with van der Waals surface area (Å²) in [6, 6.07) is 11.1. The monoisotopic (exact) mass is 295 g/mol. The van der Waals surface area contributed by atoms with Gasteiger partial charge in [0.05, 0.1) is 18.1 Å². The van der Waals surface area contributed by atoms with Crippen molar-refractivity contribution in [2.45, 2.75) is 23.6 Å². The van der Waals surface area contributed by atoms with E-state index in [1.807, 2.05) is 37.3 Å². The second-order valence-corrected chi connectivity index (χ2v) is 5.86. The summed E-state index contributed by atoms with van der Waals surface area (Å²) in [6.07, 6.45) is 1.59. The van der Waals surface area contributed by atoms with Crippen molar-refractivity contribution in [1.82, 2.24) is 5.32 Å². The highest BCUT2D eigenvalue weighted by atomic mass is 35.5. The van der Waals surface area contributed by atoms with Crippen LogP contribution in [0.2, 0.25) is 5.02 Å². The van der Waals surface area contributed by atoms with Crippen LogP contribution in [-0.2, 0) is 11.3 Å². The van der Waals surface area contributed by atoms with E-state index in [1.165, 1.54) is 11.8 Å². The van der Waals surface area contributed by atoms with Crippen molar-refractivity contribution in [2.75, 3.05) is 0 Å². The minimum Gasteiger partial charge on any atom is -0.467 e. The van der Waals surface area contributed by atoms with Crippen molar-refractivity contribution in [1.29, 1.82) is 0 Å². The van der Waals surface area contributed by atoms with E-state index in [0.717, 1.165) is 10.7 Å². The lowest BCUT2D eigenvalue weighted by Gasteiger charge is -2.11. The van der Waals surface area contributed by atoms with Crippen molar-refractivity contribution in [3.05, 3.63) is 53.4 Å². The first-order chi connectivity index (χ1) is 9.15. The molecular weight excluding hydrogens is 282 g/mol. The zero-order valence-electron chi connectivity index (χ0n) is 10.4. The summed E-state index contributed by atoms with van der Waals surface area (Å²) in [7, 11) is 0. The first-order valence-electron chi connectivity index (χ1n) is 5.87. The summed E-state index contributed by atoms with van der Waals surface area (Å²) in [5, 5.41) is 3.36. The number of hydrogen-bond donors (Lipinski definition) is 1. The highest BCUT2D eigenvalue weighted by Crippen LogP contribution is 2.24. The number of halogens is 1. The maximum atomic E-state index is 11.9. The fourth-order valence-corrected chi connectivity index (χ4v) is 2.52. The fourth-order valence-electron chi connectivity index (χ4n) is 1.50. The number of rotatable bonds is 5. The predicted molar refractivity (Wildman–Crippen MR) is 77.3 cm³/mol. The lowest BCUT2D eigenvalue weighted by atomic mass is 10.4. The molecule has 0 spiro atoms. The molecule has 0 unspecified atom stereocenters. The molecule has 1 aromatic heterocycles. The average molecular weight is 296 g/mol. The molecule has 0 aliphatic rings. The van der Waals surface area contributed by atoms with Crippen molar-refractivity contribution in [3.63, 3.8) is 0 Å². The number of carbonyl (C=O) groups excluding carboxylic acids is 1. The molecule has 5 heteroatoms. The van der Waals surface area contributed by atoms with E-state index in [9.17, 15) is 4.79 Å². The van der Waals surface area contributed by atoms with Crippen LogP contribution >= 0.6 is 23.4 Å². The molecule has 2 rings (SSSR count). The Morgan fingerprint density at radius 1 is 1.37 bits per heavy atom. The molecule has 0 saturated carbocycles. The van der Waals surface area contributed by atoms with Crippen LogP contribution in [0.1, 0.15) is 12.7 Å². The lowest BCUT2D eigenvalue weighted by molar-refractivity contribution is -0.120. The predicted octanol–water partition coefficient (Wildman–Crippen LogP) is 3.73. The zero-order valence-corrected chi connectivity index (χ0v) is 12.0. The summed E-state index contributed by atoms with van der Waals surface area (Å²) in [6.45, 7) is 2.29. The molecule has 0 radical (unpaired) electrons. The molecule has 0 aliphatic heterocycles. The number of furan rings is 1. The largest absolute Gasteiger partial charge is 0.467 e. The van der Waals surface area contributed by atoms with E-state index in [0.29, 0.717) is 11.6 Å². The SMILES string of the molecule is C[C@@H](Sc1ccc(Cl)cc1)C(=O)NCc1ccco1. The molecule has 0 saturated heterocycles. The second-order valence-electron chi connectivity index (χ2n) is 4.01. The topological polar surface area (TPSA) is 42.2 Å². The average Bonchev–Trinajstić information content (AvgIpc) is 2.91. The maximum absolute atomic E-state index is 11.9. The summed E-state index contributed by atoms with van der Waals surface area (Å²) >= 11 is 7.31. The lowest BCUT2D eigenvalue weighted by Crippen LogP contribution is -2.30. The summed E-state index contributed by atoms with van der Waals surface area (Å²) in [5.41, 5.74) is 0. The van der Waals surface area contributed by atoms with Crippen LogP contribution in [-0.4, -0.2) is 11.2 Å². The minimum atomic E-state index is -0.170. The van der Waals surface area contributed by atoms with Gasteiger partial charge in [0, 0.05) is 9.92 Å². The Balaban J connectivity index is 1.83. The van der Waals surface area contributed by atoms with Crippen LogP contribution in [0, 0.1) is 0 Å². The van der Waals surface area contributed by atoms with E-state index in [2.05, 4.69) is 5.32 Å². The van der Waals surface area contributed by atoms with Gasteiger partial charge in [-0.05, 0) is 43.3 Å². The summed E-state index contributed by atoms with van der Waals surface area (Å²) in [4.78, 5) is 12.9. The Morgan fingerprint density at radius 3 is 2.74 bits per heavy atom. The van der Waals surface area contributed by atoms with Gasteiger partial charge in [-0.15, -0.1) is 11.8 Å². The summed E-state index contributed by atoms with van der Waals surface area (Å²) < 4.78 is 5.16. The number of thioether (sulfide) groups is 1. The highest BCUT2D eigenvalue weighted by molar-refractivity contribution is 8.00. The van der Waals surface area contributed by atoms with Gasteiger partial charge in [-0.3, -0.25) is 4.79 Å². The molecule has 1 atom stereocenters. The Bertz CT molecular complexity index is 525.